The Balaban J connectivity index is 1.51. The van der Waals surface area contributed by atoms with E-state index in [0.717, 1.165) is 33.0 Å². The second kappa shape index (κ2) is 7.84. The van der Waals surface area contributed by atoms with Gasteiger partial charge in [-0.05, 0) is 35.4 Å². The van der Waals surface area contributed by atoms with Gasteiger partial charge in [0.1, 0.15) is 18.8 Å². The van der Waals surface area contributed by atoms with Gasteiger partial charge in [0.25, 0.3) is 0 Å². The number of hydrogen-bond donors (Lipinski definition) is 1. The molecule has 5 rings (SSSR count). The average molecular weight is 438 g/mol. The molecule has 0 saturated heterocycles. The van der Waals surface area contributed by atoms with Gasteiger partial charge in [0.2, 0.25) is 6.73 Å². The van der Waals surface area contributed by atoms with E-state index in [9.17, 15) is 18.0 Å². The summed E-state index contributed by atoms with van der Waals surface area (Å²) in [7, 11) is 0. The molecule has 4 aromatic rings. The van der Waals surface area contributed by atoms with E-state index in [4.69, 9.17) is 9.15 Å². The van der Waals surface area contributed by atoms with Crippen molar-refractivity contribution in [2.24, 2.45) is 0 Å². The van der Waals surface area contributed by atoms with E-state index < -0.39 is 17.4 Å². The first-order chi connectivity index (χ1) is 15.4. The third-order valence-electron chi connectivity index (χ3n) is 5.62. The van der Waals surface area contributed by atoms with Crippen LogP contribution in [-0.2, 0) is 19.3 Å². The highest BCUT2D eigenvalue weighted by Gasteiger charge is 2.31. The van der Waals surface area contributed by atoms with Gasteiger partial charge in [0, 0.05) is 17.0 Å². The minimum Gasteiger partial charge on any atom is -0.445 e. The smallest absolute Gasteiger partial charge is 0.416 e. The number of hydrogen-bond acceptors (Lipinski definition) is 3. The Morgan fingerprint density at radius 3 is 2.53 bits per heavy atom. The van der Waals surface area contributed by atoms with Gasteiger partial charge in [-0.3, -0.25) is 4.90 Å². The summed E-state index contributed by atoms with van der Waals surface area (Å²) in [5, 5.41) is 0.790. The summed E-state index contributed by atoms with van der Waals surface area (Å²) >= 11 is 0. The second-order valence-electron chi connectivity index (χ2n) is 7.85. The van der Waals surface area contributed by atoms with Crippen molar-refractivity contribution in [3.63, 3.8) is 0 Å². The molecule has 1 aliphatic rings. The number of benzene rings is 3. The lowest BCUT2D eigenvalue weighted by molar-refractivity contribution is -0.945. The van der Waals surface area contributed by atoms with Crippen molar-refractivity contribution in [1.29, 1.82) is 0 Å². The summed E-state index contributed by atoms with van der Waals surface area (Å²) < 4.78 is 50.6. The van der Waals surface area contributed by atoms with Gasteiger partial charge in [0.05, 0.1) is 11.1 Å². The largest absolute Gasteiger partial charge is 0.445 e. The maximum absolute atomic E-state index is 13.1. The molecule has 0 saturated carbocycles. The molecular weight excluding hydrogens is 419 g/mol. The highest BCUT2D eigenvalue weighted by molar-refractivity contribution is 5.95. The Hall–Kier alpha value is -3.58. The first-order valence-electron chi connectivity index (χ1n) is 10.2. The molecule has 162 valence electrons. The molecule has 3 aromatic carbocycles. The van der Waals surface area contributed by atoms with Gasteiger partial charge in [-0.2, -0.15) is 13.2 Å². The number of halogens is 3. The zero-order chi connectivity index (χ0) is 22.3. The number of nitrogens with one attached hydrogen (secondary N) is 1. The summed E-state index contributed by atoms with van der Waals surface area (Å²) in [5.74, 6) is 0.624. The van der Waals surface area contributed by atoms with Crippen LogP contribution in [0.15, 0.2) is 82.0 Å². The summed E-state index contributed by atoms with van der Waals surface area (Å²) in [4.78, 5) is 13.3. The molecule has 0 amide bonds. The van der Waals surface area contributed by atoms with Crippen molar-refractivity contribution in [2.75, 3.05) is 6.73 Å². The topological polar surface area (TPSA) is 43.9 Å². The van der Waals surface area contributed by atoms with Crippen molar-refractivity contribution in [2.45, 2.75) is 19.3 Å². The van der Waals surface area contributed by atoms with E-state index >= 15 is 0 Å². The van der Waals surface area contributed by atoms with Gasteiger partial charge < -0.3 is 9.15 Å². The van der Waals surface area contributed by atoms with Crippen LogP contribution >= 0.6 is 0 Å². The SMILES string of the molecule is O=c1cc(-c2ccccc2)c2ccc3c(c2o1)C[NH+](Cc1cccc(C(F)(F)F)c1)CO3. The monoisotopic (exact) mass is 438 g/mol. The van der Waals surface area contributed by atoms with Gasteiger partial charge in [0.15, 0.2) is 5.58 Å². The van der Waals surface area contributed by atoms with Crippen molar-refractivity contribution < 1.29 is 27.2 Å². The molecule has 0 spiro atoms. The number of quaternary nitrogens is 1. The molecule has 1 N–H and O–H groups in total. The number of ether oxygens (including phenoxy) is 1. The maximum Gasteiger partial charge on any atom is 0.416 e. The Labute approximate surface area is 181 Å². The average Bonchev–Trinajstić information content (AvgIpc) is 2.79. The lowest BCUT2D eigenvalue weighted by Crippen LogP contribution is -3.10. The van der Waals surface area contributed by atoms with Crippen molar-refractivity contribution in [1.82, 2.24) is 0 Å². The minimum absolute atomic E-state index is 0.303. The first-order valence-corrected chi connectivity index (χ1v) is 10.2. The molecule has 2 heterocycles. The van der Waals surface area contributed by atoms with Crippen LogP contribution in [0, 0.1) is 0 Å². The molecule has 1 atom stereocenters. The lowest BCUT2D eigenvalue weighted by Gasteiger charge is -2.27. The van der Waals surface area contributed by atoms with Crippen LogP contribution in [0.1, 0.15) is 16.7 Å². The van der Waals surface area contributed by atoms with Crippen LogP contribution in [0.5, 0.6) is 5.75 Å². The van der Waals surface area contributed by atoms with Crippen molar-refractivity contribution >= 4 is 11.0 Å². The first kappa shape index (κ1) is 20.3. The van der Waals surface area contributed by atoms with E-state index in [1.54, 1.807) is 6.07 Å². The molecule has 0 radical (unpaired) electrons. The summed E-state index contributed by atoms with van der Waals surface area (Å²) in [6, 6.07) is 20.1. The Kier molecular flexibility index (Phi) is 4.98. The van der Waals surface area contributed by atoms with Crippen LogP contribution < -0.4 is 15.3 Å². The van der Waals surface area contributed by atoms with E-state index in [-0.39, 0.29) is 0 Å². The predicted molar refractivity (Wildman–Crippen MR) is 113 cm³/mol. The van der Waals surface area contributed by atoms with Crippen LogP contribution in [-0.4, -0.2) is 6.73 Å². The molecule has 1 aromatic heterocycles. The molecule has 4 nitrogen and oxygen atoms in total. The van der Waals surface area contributed by atoms with Gasteiger partial charge in [-0.25, -0.2) is 4.79 Å². The molecule has 1 unspecified atom stereocenters. The third-order valence-corrected chi connectivity index (χ3v) is 5.62. The minimum atomic E-state index is -4.39. The normalized spacial score (nSPS) is 15.9. The Bertz CT molecular complexity index is 1350. The highest BCUT2D eigenvalue weighted by Crippen LogP contribution is 2.34. The van der Waals surface area contributed by atoms with Crippen molar-refractivity contribution in [3.05, 3.63) is 99.9 Å². The quantitative estimate of drug-likeness (QED) is 0.482. The van der Waals surface area contributed by atoms with E-state index in [2.05, 4.69) is 0 Å². The molecule has 1 aliphatic heterocycles. The van der Waals surface area contributed by atoms with E-state index in [1.165, 1.54) is 18.2 Å². The zero-order valence-electron chi connectivity index (χ0n) is 16.9. The third kappa shape index (κ3) is 3.87. The predicted octanol–water partition coefficient (Wildman–Crippen LogP) is 4.41. The lowest BCUT2D eigenvalue weighted by atomic mass is 9.99. The fraction of sp³-hybridized carbons (Fsp3) is 0.160. The summed E-state index contributed by atoms with van der Waals surface area (Å²) in [5.41, 5.74) is 2.29. The van der Waals surface area contributed by atoms with Gasteiger partial charge in [-0.15, -0.1) is 0 Å². The number of alkyl halides is 3. The fourth-order valence-electron chi connectivity index (χ4n) is 4.16. The number of fused-ring (bicyclic) bond motifs is 3. The molecule has 0 bridgehead atoms. The fourth-order valence-corrected chi connectivity index (χ4v) is 4.16. The van der Waals surface area contributed by atoms with Crippen LogP contribution in [0.4, 0.5) is 13.2 Å². The second-order valence-corrected chi connectivity index (χ2v) is 7.85. The van der Waals surface area contributed by atoms with Crippen LogP contribution in [0.3, 0.4) is 0 Å². The molecule has 0 aliphatic carbocycles. The summed E-state index contributed by atoms with van der Waals surface area (Å²) in [6.07, 6.45) is -4.39. The Morgan fingerprint density at radius 2 is 1.75 bits per heavy atom. The zero-order valence-corrected chi connectivity index (χ0v) is 16.9. The van der Waals surface area contributed by atoms with Gasteiger partial charge >= 0.3 is 11.8 Å². The Morgan fingerprint density at radius 1 is 0.938 bits per heavy atom. The van der Waals surface area contributed by atoms with Crippen molar-refractivity contribution in [3.8, 4) is 16.9 Å². The van der Waals surface area contributed by atoms with E-state index in [1.807, 2.05) is 42.5 Å². The molecule has 7 heteroatoms. The molecule has 0 fully saturated rings. The van der Waals surface area contributed by atoms with Gasteiger partial charge in [-0.1, -0.05) is 42.5 Å². The standard InChI is InChI=1S/C25H18F3NO3/c26-25(27,28)18-8-4-5-16(11-18)13-29-14-21-22(31-15-29)10-9-19-20(12-23(30)32-24(19)21)17-6-2-1-3-7-17/h1-12H,13-15H2/p+1. The van der Waals surface area contributed by atoms with E-state index in [0.29, 0.717) is 36.7 Å². The molecular formula is C25H19F3NO3+. The van der Waals surface area contributed by atoms with Crippen LogP contribution in [0.25, 0.3) is 22.1 Å². The highest BCUT2D eigenvalue weighted by atomic mass is 19.4. The number of rotatable bonds is 3. The summed E-state index contributed by atoms with van der Waals surface area (Å²) in [6.45, 7) is 1.11. The maximum atomic E-state index is 13.1. The van der Waals surface area contributed by atoms with Crippen LogP contribution in [0.2, 0.25) is 0 Å². The molecule has 32 heavy (non-hydrogen) atoms.